The van der Waals surface area contributed by atoms with E-state index in [9.17, 15) is 24.6 Å². The highest BCUT2D eigenvalue weighted by Gasteiger charge is 2.82. The van der Waals surface area contributed by atoms with E-state index in [1.165, 1.54) is 19.1 Å². The smallest absolute Gasteiger partial charge is 0.333 e. The first kappa shape index (κ1) is 26.0. The van der Waals surface area contributed by atoms with E-state index in [-0.39, 0.29) is 29.7 Å². The molecule has 1 spiro atoms. The molecule has 0 aromatic rings. The molecule has 2 aliphatic heterocycles. The van der Waals surface area contributed by atoms with Gasteiger partial charge in [0.15, 0.2) is 5.78 Å². The third-order valence-corrected chi connectivity index (χ3v) is 11.5. The lowest BCUT2D eigenvalue weighted by atomic mass is 9.42. The van der Waals surface area contributed by atoms with E-state index >= 15 is 0 Å². The van der Waals surface area contributed by atoms with Crippen LogP contribution in [-0.4, -0.2) is 63.6 Å². The van der Waals surface area contributed by atoms with Crippen LogP contribution >= 0.6 is 0 Å². The zero-order valence-electron chi connectivity index (χ0n) is 22.9. The van der Waals surface area contributed by atoms with Gasteiger partial charge in [-0.1, -0.05) is 25.0 Å². The summed E-state index contributed by atoms with van der Waals surface area (Å²) in [7, 11) is 0. The molecular weight excluding hydrogens is 488 g/mol. The lowest BCUT2D eigenvalue weighted by molar-refractivity contribution is -0.224. The Morgan fingerprint density at radius 1 is 1.21 bits per heavy atom. The maximum absolute atomic E-state index is 13.5. The first-order valence-corrected chi connectivity index (χ1v) is 13.8. The zero-order valence-corrected chi connectivity index (χ0v) is 22.9. The molecule has 2 saturated carbocycles. The van der Waals surface area contributed by atoms with E-state index in [1.807, 2.05) is 33.8 Å². The van der Waals surface area contributed by atoms with Crippen molar-refractivity contribution in [2.24, 2.45) is 28.6 Å². The number of ether oxygens (including phenoxy) is 3. The molecule has 4 aliphatic carbocycles. The molecule has 6 rings (SSSR count). The topological polar surface area (TPSA) is 123 Å². The highest BCUT2D eigenvalue weighted by Crippen LogP contribution is 2.73. The van der Waals surface area contributed by atoms with Crippen LogP contribution < -0.4 is 0 Å². The Kier molecular flexibility index (Phi) is 5.39. The molecule has 8 nitrogen and oxygen atoms in total. The molecule has 6 aliphatic rings. The van der Waals surface area contributed by atoms with Gasteiger partial charge in [0.05, 0.1) is 11.5 Å². The summed E-state index contributed by atoms with van der Waals surface area (Å²) in [5.41, 5.74) is -1.70. The van der Waals surface area contributed by atoms with E-state index in [4.69, 9.17) is 14.2 Å². The monoisotopic (exact) mass is 526 g/mol. The Balaban J connectivity index is 1.42. The molecule has 0 aromatic heterocycles. The number of epoxide rings is 1. The van der Waals surface area contributed by atoms with Crippen molar-refractivity contribution in [3.8, 4) is 0 Å². The van der Waals surface area contributed by atoms with E-state index in [0.29, 0.717) is 31.3 Å². The molecule has 11 atom stereocenters. The first-order valence-electron chi connectivity index (χ1n) is 13.8. The fourth-order valence-corrected chi connectivity index (χ4v) is 9.14. The molecule has 0 radical (unpaired) electrons. The Morgan fingerprint density at radius 3 is 2.58 bits per heavy atom. The SMILES string of the molecule is CC(=O)O[C@H]1C=C([C@H](C)[C@H]2CC(C)=C(C)C(=O)O2)[C@@]2(C)CC[C@H]3[C@@H](C[C@H]4O[C@]45C(O)C=CC(=O)[C@]35C)[C@]12O. The molecule has 2 heterocycles. The summed E-state index contributed by atoms with van der Waals surface area (Å²) in [6.45, 7) is 10.9. The number of fused-ring (bicyclic) bond motifs is 4. The Labute approximate surface area is 223 Å². The maximum Gasteiger partial charge on any atom is 0.333 e. The van der Waals surface area contributed by atoms with Crippen LogP contribution in [0.15, 0.2) is 34.9 Å². The molecule has 0 bridgehead atoms. The van der Waals surface area contributed by atoms with Crippen LogP contribution in [0.3, 0.4) is 0 Å². The molecule has 1 unspecified atom stereocenters. The van der Waals surface area contributed by atoms with Gasteiger partial charge in [-0.25, -0.2) is 4.79 Å². The van der Waals surface area contributed by atoms with Gasteiger partial charge in [0, 0.05) is 30.3 Å². The van der Waals surface area contributed by atoms with Crippen LogP contribution in [0, 0.1) is 28.6 Å². The predicted molar refractivity (Wildman–Crippen MR) is 135 cm³/mol. The van der Waals surface area contributed by atoms with Gasteiger partial charge in [-0.15, -0.1) is 0 Å². The molecule has 38 heavy (non-hydrogen) atoms. The molecule has 8 heteroatoms. The average Bonchev–Trinajstić information content (AvgIpc) is 3.55. The summed E-state index contributed by atoms with van der Waals surface area (Å²) in [6.07, 6.45) is 4.53. The van der Waals surface area contributed by atoms with Crippen molar-refractivity contribution in [2.45, 2.75) is 103 Å². The molecule has 0 aromatic carbocycles. The second kappa shape index (κ2) is 7.89. The number of aliphatic hydroxyl groups is 2. The number of carbonyl (C=O) groups excluding carboxylic acids is 3. The summed E-state index contributed by atoms with van der Waals surface area (Å²) in [5.74, 6) is -1.81. The standard InChI is InChI=1S/C30H38O8/c1-14-11-21(37-26(34)15(14)2)16(3)19-12-24(36-17(4)31)29(35)20-13-25-30(38-25)23(33)8-7-22(32)28(30,6)18(20)9-10-27(19,29)5/h7-8,12,16,18,20-21,23-25,33,35H,9-11,13H2,1-6H3/t16-,18-,20+,21+,23?,24-,25+,27+,28-,29-,30+/m0/s1. The second-order valence-corrected chi connectivity index (χ2v) is 12.9. The normalized spacial score (nSPS) is 49.7. The van der Waals surface area contributed by atoms with Crippen LogP contribution in [0.5, 0.6) is 0 Å². The van der Waals surface area contributed by atoms with Gasteiger partial charge in [0.2, 0.25) is 0 Å². The fraction of sp³-hybridized carbons (Fsp3) is 0.700. The zero-order chi connectivity index (χ0) is 27.6. The largest absolute Gasteiger partial charge is 0.458 e. The second-order valence-electron chi connectivity index (χ2n) is 12.9. The summed E-state index contributed by atoms with van der Waals surface area (Å²) < 4.78 is 17.8. The number of rotatable bonds is 3. The van der Waals surface area contributed by atoms with Gasteiger partial charge in [0.1, 0.15) is 29.5 Å². The van der Waals surface area contributed by atoms with Crippen molar-refractivity contribution in [3.63, 3.8) is 0 Å². The number of allylic oxidation sites excluding steroid dienone is 1. The molecule has 1 saturated heterocycles. The summed E-state index contributed by atoms with van der Waals surface area (Å²) in [5, 5.41) is 23.8. The summed E-state index contributed by atoms with van der Waals surface area (Å²) in [6, 6.07) is 0. The van der Waals surface area contributed by atoms with Crippen molar-refractivity contribution in [1.82, 2.24) is 0 Å². The van der Waals surface area contributed by atoms with Gasteiger partial charge >= 0.3 is 11.9 Å². The number of hydrogen-bond donors (Lipinski definition) is 2. The van der Waals surface area contributed by atoms with Crippen LogP contribution in [-0.2, 0) is 28.6 Å². The third kappa shape index (κ3) is 2.89. The number of aliphatic hydroxyl groups excluding tert-OH is 1. The third-order valence-electron chi connectivity index (χ3n) is 11.5. The Hall–Kier alpha value is -2.29. The van der Waals surface area contributed by atoms with Crippen molar-refractivity contribution < 1.29 is 38.8 Å². The van der Waals surface area contributed by atoms with E-state index in [1.54, 1.807) is 6.92 Å². The highest BCUT2D eigenvalue weighted by molar-refractivity contribution is 5.98. The van der Waals surface area contributed by atoms with E-state index in [0.717, 1.165) is 11.1 Å². The van der Waals surface area contributed by atoms with Crippen LogP contribution in [0.2, 0.25) is 0 Å². The van der Waals surface area contributed by atoms with Crippen molar-refractivity contribution >= 4 is 17.7 Å². The summed E-state index contributed by atoms with van der Waals surface area (Å²) >= 11 is 0. The maximum atomic E-state index is 13.5. The van der Waals surface area contributed by atoms with Gasteiger partial charge < -0.3 is 24.4 Å². The predicted octanol–water partition coefficient (Wildman–Crippen LogP) is 2.96. The minimum absolute atomic E-state index is 0.0949. The minimum Gasteiger partial charge on any atom is -0.458 e. The van der Waals surface area contributed by atoms with E-state index in [2.05, 4.69) is 0 Å². The van der Waals surface area contributed by atoms with Crippen molar-refractivity contribution in [3.05, 3.63) is 34.9 Å². The highest BCUT2D eigenvalue weighted by atomic mass is 16.6. The number of hydrogen-bond acceptors (Lipinski definition) is 8. The average molecular weight is 527 g/mol. The Morgan fingerprint density at radius 2 is 1.92 bits per heavy atom. The Bertz CT molecular complexity index is 1230. The lowest BCUT2D eigenvalue weighted by Gasteiger charge is -2.61. The lowest BCUT2D eigenvalue weighted by Crippen LogP contribution is -2.70. The number of esters is 2. The molecular formula is C30H38O8. The van der Waals surface area contributed by atoms with Crippen molar-refractivity contribution in [2.75, 3.05) is 0 Å². The minimum atomic E-state index is -1.49. The quantitative estimate of drug-likeness (QED) is 0.327. The van der Waals surface area contributed by atoms with Gasteiger partial charge in [-0.2, -0.15) is 0 Å². The van der Waals surface area contributed by atoms with Gasteiger partial charge in [-0.3, -0.25) is 9.59 Å². The van der Waals surface area contributed by atoms with Crippen molar-refractivity contribution in [1.29, 1.82) is 0 Å². The van der Waals surface area contributed by atoms with Crippen LogP contribution in [0.4, 0.5) is 0 Å². The number of cyclic esters (lactones) is 1. The fourth-order valence-electron chi connectivity index (χ4n) is 9.14. The van der Waals surface area contributed by atoms with E-state index < -0.39 is 52.2 Å². The molecule has 206 valence electrons. The van der Waals surface area contributed by atoms with Gasteiger partial charge in [-0.05, 0) is 70.1 Å². The molecule has 0 amide bonds. The molecule has 3 fully saturated rings. The van der Waals surface area contributed by atoms with Crippen LogP contribution in [0.25, 0.3) is 0 Å². The number of carbonyl (C=O) groups is 3. The first-order chi connectivity index (χ1) is 17.7. The van der Waals surface area contributed by atoms with Gasteiger partial charge in [0.25, 0.3) is 0 Å². The number of ketones is 1. The van der Waals surface area contributed by atoms with Crippen LogP contribution in [0.1, 0.15) is 67.2 Å². The summed E-state index contributed by atoms with van der Waals surface area (Å²) in [4.78, 5) is 38.3. The molecule has 2 N–H and O–H groups in total.